The first kappa shape index (κ1) is 11.3. The standard InChI is InChI=1S/C12H17N3S/c1-2-12(6-4-7-12)15-9-5-3-8-14-10(9)11(13)16/h3,5,8,15H,2,4,6-7H2,1H3,(H2,13,16). The van der Waals surface area contributed by atoms with E-state index in [0.717, 1.165) is 12.1 Å². The smallest absolute Gasteiger partial charge is 0.124 e. The van der Waals surface area contributed by atoms with Crippen molar-refractivity contribution in [1.82, 2.24) is 4.98 Å². The third kappa shape index (κ3) is 2.02. The fraction of sp³-hybridized carbons (Fsp3) is 0.500. The van der Waals surface area contributed by atoms with Crippen molar-refractivity contribution in [2.24, 2.45) is 5.73 Å². The van der Waals surface area contributed by atoms with Crippen molar-refractivity contribution >= 4 is 22.9 Å². The quantitative estimate of drug-likeness (QED) is 0.787. The molecule has 2 rings (SSSR count). The molecular weight excluding hydrogens is 218 g/mol. The summed E-state index contributed by atoms with van der Waals surface area (Å²) in [6, 6.07) is 3.91. The van der Waals surface area contributed by atoms with E-state index < -0.39 is 0 Å². The molecule has 1 aliphatic rings. The van der Waals surface area contributed by atoms with Crippen LogP contribution in [0.2, 0.25) is 0 Å². The van der Waals surface area contributed by atoms with Gasteiger partial charge in [-0.2, -0.15) is 0 Å². The number of thiocarbonyl (C=S) groups is 1. The van der Waals surface area contributed by atoms with Crippen LogP contribution in [0.5, 0.6) is 0 Å². The van der Waals surface area contributed by atoms with Crippen LogP contribution in [0.4, 0.5) is 5.69 Å². The van der Waals surface area contributed by atoms with Crippen molar-refractivity contribution in [2.45, 2.75) is 38.1 Å². The van der Waals surface area contributed by atoms with E-state index in [1.807, 2.05) is 12.1 Å². The molecule has 1 aromatic rings. The fourth-order valence-corrected chi connectivity index (χ4v) is 2.32. The molecule has 0 aromatic carbocycles. The van der Waals surface area contributed by atoms with Gasteiger partial charge in [0, 0.05) is 11.7 Å². The van der Waals surface area contributed by atoms with Gasteiger partial charge in [-0.05, 0) is 37.8 Å². The Labute approximate surface area is 101 Å². The number of nitrogens with two attached hydrogens (primary N) is 1. The van der Waals surface area contributed by atoms with E-state index in [-0.39, 0.29) is 5.54 Å². The van der Waals surface area contributed by atoms with E-state index in [4.69, 9.17) is 18.0 Å². The normalized spacial score (nSPS) is 17.6. The summed E-state index contributed by atoms with van der Waals surface area (Å²) in [6.07, 6.45) is 6.57. The van der Waals surface area contributed by atoms with Crippen molar-refractivity contribution < 1.29 is 0 Å². The Morgan fingerprint density at radius 1 is 1.62 bits per heavy atom. The molecule has 1 aromatic heterocycles. The molecule has 0 atom stereocenters. The minimum absolute atomic E-state index is 0.239. The van der Waals surface area contributed by atoms with Crippen molar-refractivity contribution in [3.8, 4) is 0 Å². The summed E-state index contributed by atoms with van der Waals surface area (Å²) in [4.78, 5) is 4.58. The Morgan fingerprint density at radius 3 is 2.88 bits per heavy atom. The number of nitrogens with zero attached hydrogens (tertiary/aromatic N) is 1. The highest BCUT2D eigenvalue weighted by Crippen LogP contribution is 2.38. The van der Waals surface area contributed by atoms with Crippen LogP contribution in [0.3, 0.4) is 0 Å². The van der Waals surface area contributed by atoms with Gasteiger partial charge in [-0.15, -0.1) is 0 Å². The second kappa shape index (κ2) is 4.37. The molecule has 0 saturated heterocycles. The molecule has 86 valence electrons. The molecule has 0 aliphatic heterocycles. The maximum Gasteiger partial charge on any atom is 0.124 e. The summed E-state index contributed by atoms with van der Waals surface area (Å²) >= 11 is 5.00. The van der Waals surface area contributed by atoms with Gasteiger partial charge >= 0.3 is 0 Å². The minimum Gasteiger partial charge on any atom is -0.388 e. The highest BCUT2D eigenvalue weighted by atomic mass is 32.1. The zero-order chi connectivity index (χ0) is 11.6. The molecule has 0 bridgehead atoms. The van der Waals surface area contributed by atoms with Gasteiger partial charge in [-0.3, -0.25) is 4.98 Å². The Kier molecular flexibility index (Phi) is 3.10. The predicted octanol–water partition coefficient (Wildman–Crippen LogP) is 2.46. The maximum atomic E-state index is 5.66. The lowest BCUT2D eigenvalue weighted by Gasteiger charge is -2.43. The first-order valence-electron chi connectivity index (χ1n) is 5.70. The van der Waals surface area contributed by atoms with Gasteiger partial charge in [0.05, 0.1) is 5.69 Å². The average molecular weight is 235 g/mol. The predicted molar refractivity (Wildman–Crippen MR) is 70.6 cm³/mol. The van der Waals surface area contributed by atoms with Crippen LogP contribution in [0.1, 0.15) is 38.3 Å². The molecule has 1 fully saturated rings. The highest BCUT2D eigenvalue weighted by Gasteiger charge is 2.35. The molecule has 3 nitrogen and oxygen atoms in total. The van der Waals surface area contributed by atoms with Crippen LogP contribution < -0.4 is 11.1 Å². The second-order valence-corrected chi connectivity index (χ2v) is 4.82. The van der Waals surface area contributed by atoms with Gasteiger partial charge in [-0.1, -0.05) is 19.1 Å². The van der Waals surface area contributed by atoms with Gasteiger partial charge in [0.2, 0.25) is 0 Å². The molecule has 0 spiro atoms. The molecule has 1 saturated carbocycles. The van der Waals surface area contributed by atoms with Crippen LogP contribution in [-0.2, 0) is 0 Å². The molecule has 1 heterocycles. The Bertz CT molecular complexity index is 393. The topological polar surface area (TPSA) is 50.9 Å². The Balaban J connectivity index is 2.23. The van der Waals surface area contributed by atoms with E-state index in [9.17, 15) is 0 Å². The van der Waals surface area contributed by atoms with Crippen molar-refractivity contribution in [2.75, 3.05) is 5.32 Å². The summed E-state index contributed by atoms with van der Waals surface area (Å²) in [7, 11) is 0. The van der Waals surface area contributed by atoms with Crippen LogP contribution >= 0.6 is 12.2 Å². The monoisotopic (exact) mass is 235 g/mol. The van der Waals surface area contributed by atoms with Crippen molar-refractivity contribution in [3.63, 3.8) is 0 Å². The van der Waals surface area contributed by atoms with Gasteiger partial charge in [0.1, 0.15) is 10.7 Å². The number of anilines is 1. The van der Waals surface area contributed by atoms with E-state index in [1.165, 1.54) is 19.3 Å². The molecule has 3 N–H and O–H groups in total. The fourth-order valence-electron chi connectivity index (χ4n) is 2.16. The third-order valence-electron chi connectivity index (χ3n) is 3.43. The molecule has 1 aliphatic carbocycles. The van der Waals surface area contributed by atoms with Gasteiger partial charge < -0.3 is 11.1 Å². The number of rotatable bonds is 4. The minimum atomic E-state index is 0.239. The molecule has 0 unspecified atom stereocenters. The van der Waals surface area contributed by atoms with Crippen LogP contribution in [0.25, 0.3) is 0 Å². The molecule has 0 radical (unpaired) electrons. The van der Waals surface area contributed by atoms with Crippen LogP contribution in [0.15, 0.2) is 18.3 Å². The molecule has 0 amide bonds. The average Bonchev–Trinajstić information content (AvgIpc) is 2.24. The van der Waals surface area contributed by atoms with Crippen molar-refractivity contribution in [1.29, 1.82) is 0 Å². The number of pyridine rings is 1. The van der Waals surface area contributed by atoms with Gasteiger partial charge in [0.15, 0.2) is 0 Å². The summed E-state index contributed by atoms with van der Waals surface area (Å²) in [6.45, 7) is 2.21. The SMILES string of the molecule is CCC1(Nc2cccnc2C(N)=S)CCC1. The summed E-state index contributed by atoms with van der Waals surface area (Å²) in [5.41, 5.74) is 7.58. The lowest BCUT2D eigenvalue weighted by atomic mass is 9.74. The van der Waals surface area contributed by atoms with Gasteiger partial charge in [0.25, 0.3) is 0 Å². The summed E-state index contributed by atoms with van der Waals surface area (Å²) in [5.74, 6) is 0. The highest BCUT2D eigenvalue weighted by molar-refractivity contribution is 7.80. The summed E-state index contributed by atoms with van der Waals surface area (Å²) < 4.78 is 0. The molecular formula is C12H17N3S. The van der Waals surface area contributed by atoms with E-state index >= 15 is 0 Å². The van der Waals surface area contributed by atoms with E-state index in [2.05, 4.69) is 17.2 Å². The van der Waals surface area contributed by atoms with E-state index in [0.29, 0.717) is 10.7 Å². The van der Waals surface area contributed by atoms with Crippen molar-refractivity contribution in [3.05, 3.63) is 24.0 Å². The number of hydrogen-bond acceptors (Lipinski definition) is 3. The molecule has 4 heteroatoms. The van der Waals surface area contributed by atoms with Gasteiger partial charge in [-0.25, -0.2) is 0 Å². The maximum absolute atomic E-state index is 5.66. The Hall–Kier alpha value is -1.16. The zero-order valence-corrected chi connectivity index (χ0v) is 10.3. The lowest BCUT2D eigenvalue weighted by molar-refractivity contribution is 0.269. The number of hydrogen-bond donors (Lipinski definition) is 2. The first-order valence-corrected chi connectivity index (χ1v) is 6.11. The number of aromatic nitrogens is 1. The number of nitrogens with one attached hydrogen (secondary N) is 1. The Morgan fingerprint density at radius 2 is 2.38 bits per heavy atom. The summed E-state index contributed by atoms with van der Waals surface area (Å²) in [5, 5.41) is 3.56. The zero-order valence-electron chi connectivity index (χ0n) is 9.49. The second-order valence-electron chi connectivity index (χ2n) is 4.38. The first-order chi connectivity index (χ1) is 7.67. The van der Waals surface area contributed by atoms with Crippen LogP contribution in [-0.4, -0.2) is 15.5 Å². The third-order valence-corrected chi connectivity index (χ3v) is 3.62. The largest absolute Gasteiger partial charge is 0.388 e. The van der Waals surface area contributed by atoms with Crippen LogP contribution in [0, 0.1) is 0 Å². The van der Waals surface area contributed by atoms with E-state index in [1.54, 1.807) is 6.20 Å². The molecule has 16 heavy (non-hydrogen) atoms. The lowest BCUT2D eigenvalue weighted by Crippen LogP contribution is -2.44.